The van der Waals surface area contributed by atoms with E-state index in [0.29, 0.717) is 13.0 Å². The molecule has 0 aromatic heterocycles. The van der Waals surface area contributed by atoms with Gasteiger partial charge in [-0.1, -0.05) is 42.5 Å². The molecular weight excluding hydrogens is 252 g/mol. The number of carbonyl (C=O) groups is 1. The minimum absolute atomic E-state index is 0.0290. The summed E-state index contributed by atoms with van der Waals surface area (Å²) in [7, 11) is 1.57. The molecule has 0 saturated carbocycles. The van der Waals surface area contributed by atoms with Crippen molar-refractivity contribution in [2.45, 2.75) is 19.1 Å². The average molecular weight is 274 g/mol. The van der Waals surface area contributed by atoms with Crippen molar-refractivity contribution < 1.29 is 9.53 Å². The molecule has 4 heteroatoms. The van der Waals surface area contributed by atoms with Crippen molar-refractivity contribution in [1.29, 1.82) is 0 Å². The second-order valence-electron chi connectivity index (χ2n) is 4.94. The molecule has 2 rings (SSSR count). The van der Waals surface area contributed by atoms with Crippen LogP contribution in [0.5, 0.6) is 0 Å². The molecule has 0 spiro atoms. The number of nitrogens with zero attached hydrogens (tertiary/aromatic N) is 1. The average Bonchev–Trinajstić information content (AvgIpc) is 2.47. The van der Waals surface area contributed by atoms with Gasteiger partial charge in [-0.3, -0.25) is 9.69 Å². The number of benzene rings is 1. The summed E-state index contributed by atoms with van der Waals surface area (Å²) in [4.78, 5) is 14.2. The first-order chi connectivity index (χ1) is 9.79. The van der Waals surface area contributed by atoms with Crippen LogP contribution < -0.4 is 5.32 Å². The molecule has 0 fully saturated rings. The summed E-state index contributed by atoms with van der Waals surface area (Å²) in [6.45, 7) is 3.27. The number of rotatable bonds is 3. The maximum Gasteiger partial charge on any atom is 0.249 e. The molecule has 0 saturated heterocycles. The van der Waals surface area contributed by atoms with Crippen LogP contribution in [0.1, 0.15) is 12.0 Å². The minimum Gasteiger partial charge on any atom is -0.371 e. The molecule has 0 radical (unpaired) electrons. The molecule has 108 valence electrons. The van der Waals surface area contributed by atoms with Crippen LogP contribution in [-0.4, -0.2) is 43.7 Å². The van der Waals surface area contributed by atoms with Crippen molar-refractivity contribution in [2.24, 2.45) is 0 Å². The minimum atomic E-state index is -0.369. The summed E-state index contributed by atoms with van der Waals surface area (Å²) >= 11 is 0. The summed E-state index contributed by atoms with van der Waals surface area (Å²) in [6, 6.07) is 10.4. The van der Waals surface area contributed by atoms with Crippen LogP contribution in [0.15, 0.2) is 42.5 Å². The van der Waals surface area contributed by atoms with Crippen molar-refractivity contribution in [3.05, 3.63) is 48.0 Å². The van der Waals surface area contributed by atoms with Crippen LogP contribution in [0.4, 0.5) is 0 Å². The Hall–Kier alpha value is -1.65. The van der Waals surface area contributed by atoms with E-state index in [1.807, 2.05) is 12.1 Å². The Morgan fingerprint density at radius 3 is 2.85 bits per heavy atom. The fourth-order valence-electron chi connectivity index (χ4n) is 2.28. The molecule has 20 heavy (non-hydrogen) atoms. The van der Waals surface area contributed by atoms with Gasteiger partial charge in [-0.25, -0.2) is 0 Å². The quantitative estimate of drug-likeness (QED) is 0.851. The molecule has 1 amide bonds. The van der Waals surface area contributed by atoms with Crippen LogP contribution in [0.25, 0.3) is 0 Å². The van der Waals surface area contributed by atoms with Crippen molar-refractivity contribution in [2.75, 3.05) is 26.7 Å². The molecule has 1 aromatic rings. The van der Waals surface area contributed by atoms with Crippen molar-refractivity contribution in [3.63, 3.8) is 0 Å². The fourth-order valence-corrected chi connectivity index (χ4v) is 2.28. The van der Waals surface area contributed by atoms with Crippen LogP contribution in [0, 0.1) is 0 Å². The highest BCUT2D eigenvalue weighted by molar-refractivity contribution is 5.80. The molecule has 1 aliphatic heterocycles. The largest absolute Gasteiger partial charge is 0.371 e. The topological polar surface area (TPSA) is 41.6 Å². The van der Waals surface area contributed by atoms with E-state index in [1.165, 1.54) is 5.56 Å². The van der Waals surface area contributed by atoms with Gasteiger partial charge in [-0.15, -0.1) is 0 Å². The van der Waals surface area contributed by atoms with E-state index < -0.39 is 0 Å². The molecular formula is C16H22N2O2. The molecule has 1 aromatic carbocycles. The van der Waals surface area contributed by atoms with E-state index >= 15 is 0 Å². The van der Waals surface area contributed by atoms with Crippen molar-refractivity contribution in [1.82, 2.24) is 10.2 Å². The number of carbonyl (C=O) groups excluding carboxylic acids is 1. The number of methoxy groups -OCH3 is 1. The van der Waals surface area contributed by atoms with Gasteiger partial charge < -0.3 is 10.1 Å². The third-order valence-corrected chi connectivity index (χ3v) is 3.43. The smallest absolute Gasteiger partial charge is 0.249 e. The Balaban J connectivity index is 1.95. The van der Waals surface area contributed by atoms with Crippen LogP contribution in [0.2, 0.25) is 0 Å². The lowest BCUT2D eigenvalue weighted by molar-refractivity contribution is -0.130. The predicted molar refractivity (Wildman–Crippen MR) is 79.3 cm³/mol. The van der Waals surface area contributed by atoms with Gasteiger partial charge in [0.25, 0.3) is 0 Å². The number of nitrogens with one attached hydrogen (secondary N) is 1. The first-order valence-corrected chi connectivity index (χ1v) is 7.01. The highest BCUT2D eigenvalue weighted by Crippen LogP contribution is 2.06. The number of hydrogen-bond acceptors (Lipinski definition) is 3. The van der Waals surface area contributed by atoms with E-state index in [1.54, 1.807) is 7.11 Å². The molecule has 1 atom stereocenters. The number of amides is 1. The second kappa shape index (κ2) is 7.82. The number of hydrogen-bond donors (Lipinski definition) is 1. The molecule has 1 aliphatic rings. The lowest BCUT2D eigenvalue weighted by Gasteiger charge is -2.23. The summed E-state index contributed by atoms with van der Waals surface area (Å²) in [5.74, 6) is -0.0290. The zero-order valence-corrected chi connectivity index (χ0v) is 11.9. The molecule has 1 heterocycles. The van der Waals surface area contributed by atoms with Crippen LogP contribution in [-0.2, 0) is 16.1 Å². The molecule has 0 bridgehead atoms. The Morgan fingerprint density at radius 2 is 2.10 bits per heavy atom. The van der Waals surface area contributed by atoms with Crippen LogP contribution >= 0.6 is 0 Å². The highest BCUT2D eigenvalue weighted by atomic mass is 16.5. The predicted octanol–water partition coefficient (Wildman–Crippen LogP) is 1.58. The first kappa shape index (κ1) is 14.8. The van der Waals surface area contributed by atoms with Crippen molar-refractivity contribution in [3.8, 4) is 0 Å². The second-order valence-corrected chi connectivity index (χ2v) is 4.94. The third kappa shape index (κ3) is 4.47. The standard InChI is InChI=1S/C16H22N2O2/c1-20-15-9-5-6-11-18(12-10-17-16(15)19)13-14-7-3-2-4-8-14/h2-8,15H,9-13H2,1H3,(H,17,19)/b6-5+. The Labute approximate surface area is 120 Å². The van der Waals surface area contributed by atoms with Gasteiger partial charge in [-0.05, 0) is 5.56 Å². The summed E-state index contributed by atoms with van der Waals surface area (Å²) in [5, 5.41) is 2.93. The Kier molecular flexibility index (Phi) is 5.77. The third-order valence-electron chi connectivity index (χ3n) is 3.43. The van der Waals surface area contributed by atoms with Gasteiger partial charge in [-0.2, -0.15) is 0 Å². The molecule has 1 N–H and O–H groups in total. The van der Waals surface area contributed by atoms with Gasteiger partial charge in [0.2, 0.25) is 5.91 Å². The Morgan fingerprint density at radius 1 is 1.30 bits per heavy atom. The first-order valence-electron chi connectivity index (χ1n) is 7.01. The van der Waals surface area contributed by atoms with E-state index in [9.17, 15) is 4.79 Å². The summed E-state index contributed by atoms with van der Waals surface area (Å²) in [5.41, 5.74) is 1.29. The van der Waals surface area contributed by atoms with Gasteiger partial charge in [0.1, 0.15) is 6.10 Å². The SMILES string of the molecule is COC1C/C=C/CN(Cc2ccccc2)CCNC1=O. The van der Waals surface area contributed by atoms with E-state index in [0.717, 1.165) is 19.6 Å². The maximum atomic E-state index is 11.8. The monoisotopic (exact) mass is 274 g/mol. The molecule has 4 nitrogen and oxygen atoms in total. The van der Waals surface area contributed by atoms with Gasteiger partial charge >= 0.3 is 0 Å². The maximum absolute atomic E-state index is 11.8. The lowest BCUT2D eigenvalue weighted by Crippen LogP contribution is -2.41. The van der Waals surface area contributed by atoms with Gasteiger partial charge in [0, 0.05) is 39.7 Å². The molecule has 1 unspecified atom stereocenters. The van der Waals surface area contributed by atoms with E-state index in [2.05, 4.69) is 40.6 Å². The van der Waals surface area contributed by atoms with Gasteiger partial charge in [0.05, 0.1) is 0 Å². The van der Waals surface area contributed by atoms with Crippen LogP contribution in [0.3, 0.4) is 0 Å². The molecule has 0 aliphatic carbocycles. The van der Waals surface area contributed by atoms with Gasteiger partial charge in [0.15, 0.2) is 0 Å². The van der Waals surface area contributed by atoms with E-state index in [-0.39, 0.29) is 12.0 Å². The fraction of sp³-hybridized carbons (Fsp3) is 0.438. The summed E-state index contributed by atoms with van der Waals surface area (Å²) in [6.07, 6.45) is 4.40. The normalized spacial score (nSPS) is 23.1. The zero-order valence-electron chi connectivity index (χ0n) is 11.9. The van der Waals surface area contributed by atoms with Crippen molar-refractivity contribution >= 4 is 5.91 Å². The van der Waals surface area contributed by atoms with E-state index in [4.69, 9.17) is 4.74 Å². The lowest BCUT2D eigenvalue weighted by atomic mass is 10.2. The highest BCUT2D eigenvalue weighted by Gasteiger charge is 2.17. The summed E-state index contributed by atoms with van der Waals surface area (Å²) < 4.78 is 5.18. The Bertz CT molecular complexity index is 445. The number of ether oxygens (including phenoxy) is 1. The zero-order chi connectivity index (χ0) is 14.2.